The van der Waals surface area contributed by atoms with Crippen LogP contribution in [0.25, 0.3) is 0 Å². The molecule has 0 saturated heterocycles. The molecule has 1 aliphatic heterocycles. The van der Waals surface area contributed by atoms with E-state index in [0.29, 0.717) is 18.7 Å². The van der Waals surface area contributed by atoms with Crippen LogP contribution in [0, 0.1) is 5.92 Å². The van der Waals surface area contributed by atoms with Crippen LogP contribution in [0.15, 0.2) is 34.9 Å². The number of halogens is 1. The van der Waals surface area contributed by atoms with Crippen LogP contribution in [0.2, 0.25) is 0 Å². The summed E-state index contributed by atoms with van der Waals surface area (Å²) in [6.07, 6.45) is 2.36. The predicted octanol–water partition coefficient (Wildman–Crippen LogP) is 2.62. The number of ketones is 1. The number of hydrogen-bond acceptors (Lipinski definition) is 3. The van der Waals surface area contributed by atoms with Crippen molar-refractivity contribution in [2.24, 2.45) is 13.0 Å². The molecule has 1 aliphatic rings. The van der Waals surface area contributed by atoms with E-state index in [9.17, 15) is 4.79 Å². The highest BCUT2D eigenvalue weighted by Gasteiger charge is 2.29. The fraction of sp³-hybridized carbons (Fsp3) is 0.286. The molecule has 98 valence electrons. The van der Waals surface area contributed by atoms with E-state index in [0.717, 1.165) is 15.8 Å². The van der Waals surface area contributed by atoms with Crippen LogP contribution in [0.5, 0.6) is 5.75 Å². The van der Waals surface area contributed by atoms with E-state index < -0.39 is 0 Å². The molecule has 1 unspecified atom stereocenters. The third kappa shape index (κ3) is 2.18. The van der Waals surface area contributed by atoms with Gasteiger partial charge in [0.25, 0.3) is 0 Å². The van der Waals surface area contributed by atoms with Crippen LogP contribution >= 0.6 is 15.9 Å². The molecule has 3 rings (SSSR count). The Labute approximate surface area is 119 Å². The summed E-state index contributed by atoms with van der Waals surface area (Å²) in [4.78, 5) is 12.5. The van der Waals surface area contributed by atoms with Crippen LogP contribution in [-0.2, 0) is 13.5 Å². The standard InChI is InChI=1S/C14H13BrN2O2/c1-17-13(11(15)7-16-17)14(18)10-6-9-4-2-3-5-12(9)19-8-10/h2-5,7,10H,6,8H2,1H3. The lowest BCUT2D eigenvalue weighted by atomic mass is 9.92. The lowest BCUT2D eigenvalue weighted by molar-refractivity contribution is 0.0844. The van der Waals surface area contributed by atoms with Crippen LogP contribution in [0.3, 0.4) is 0 Å². The van der Waals surface area contributed by atoms with E-state index in [1.807, 2.05) is 24.3 Å². The first kappa shape index (κ1) is 12.4. The molecule has 0 bridgehead atoms. The maximum absolute atomic E-state index is 12.5. The van der Waals surface area contributed by atoms with E-state index in [1.54, 1.807) is 17.9 Å². The Morgan fingerprint density at radius 2 is 2.26 bits per heavy atom. The SMILES string of the molecule is Cn1ncc(Br)c1C(=O)C1COc2ccccc2C1. The van der Waals surface area contributed by atoms with Crippen LogP contribution in [-0.4, -0.2) is 22.2 Å². The van der Waals surface area contributed by atoms with E-state index >= 15 is 0 Å². The second kappa shape index (κ2) is 4.81. The maximum atomic E-state index is 12.5. The van der Waals surface area contributed by atoms with Gasteiger partial charge in [0.1, 0.15) is 11.4 Å². The normalized spacial score (nSPS) is 17.7. The molecule has 0 radical (unpaired) electrons. The molecular weight excluding hydrogens is 308 g/mol. The summed E-state index contributed by atoms with van der Waals surface area (Å²) in [7, 11) is 1.77. The molecule has 4 nitrogen and oxygen atoms in total. The van der Waals surface area contributed by atoms with Gasteiger partial charge in [-0.2, -0.15) is 5.10 Å². The Morgan fingerprint density at radius 3 is 3.00 bits per heavy atom. The third-order valence-electron chi connectivity index (χ3n) is 3.38. The minimum atomic E-state index is -0.151. The van der Waals surface area contributed by atoms with Gasteiger partial charge in [0.15, 0.2) is 5.78 Å². The number of ether oxygens (including phenoxy) is 1. The van der Waals surface area contributed by atoms with Crippen molar-refractivity contribution >= 4 is 21.7 Å². The monoisotopic (exact) mass is 320 g/mol. The second-order valence-corrected chi connectivity index (χ2v) is 5.50. The van der Waals surface area contributed by atoms with Crippen molar-refractivity contribution < 1.29 is 9.53 Å². The largest absolute Gasteiger partial charge is 0.493 e. The fourth-order valence-corrected chi connectivity index (χ4v) is 2.92. The Balaban J connectivity index is 1.88. The molecule has 5 heteroatoms. The second-order valence-electron chi connectivity index (χ2n) is 4.65. The molecule has 1 aromatic carbocycles. The third-order valence-corrected chi connectivity index (χ3v) is 3.96. The van der Waals surface area contributed by atoms with Crippen LogP contribution in [0.1, 0.15) is 16.1 Å². The van der Waals surface area contributed by atoms with Gasteiger partial charge in [0, 0.05) is 7.05 Å². The Bertz CT molecular complexity index is 617. The maximum Gasteiger partial charge on any atom is 0.188 e. The average Bonchev–Trinajstić information content (AvgIpc) is 2.77. The number of carbonyl (C=O) groups is 1. The Hall–Kier alpha value is -1.62. The molecule has 1 aromatic heterocycles. The molecule has 0 spiro atoms. The molecule has 2 heterocycles. The highest BCUT2D eigenvalue weighted by Crippen LogP contribution is 2.29. The minimum absolute atomic E-state index is 0.0707. The van der Waals surface area contributed by atoms with Crippen molar-refractivity contribution in [2.45, 2.75) is 6.42 Å². The van der Waals surface area contributed by atoms with Crippen LogP contribution in [0.4, 0.5) is 0 Å². The molecule has 1 atom stereocenters. The van der Waals surface area contributed by atoms with Crippen molar-refractivity contribution in [1.82, 2.24) is 9.78 Å². The number of aromatic nitrogens is 2. The van der Waals surface area contributed by atoms with Gasteiger partial charge in [0.2, 0.25) is 0 Å². The van der Waals surface area contributed by atoms with Crippen molar-refractivity contribution in [3.63, 3.8) is 0 Å². The summed E-state index contributed by atoms with van der Waals surface area (Å²) >= 11 is 3.37. The number of para-hydroxylation sites is 1. The first-order chi connectivity index (χ1) is 9.16. The summed E-state index contributed by atoms with van der Waals surface area (Å²) in [5, 5.41) is 4.08. The van der Waals surface area contributed by atoms with E-state index in [4.69, 9.17) is 4.74 Å². The Morgan fingerprint density at radius 1 is 1.47 bits per heavy atom. The summed E-state index contributed by atoms with van der Waals surface area (Å²) in [5.74, 6) is 0.804. The van der Waals surface area contributed by atoms with Crippen molar-refractivity contribution in [3.8, 4) is 5.75 Å². The topological polar surface area (TPSA) is 44.1 Å². The van der Waals surface area contributed by atoms with Gasteiger partial charge in [-0.05, 0) is 34.0 Å². The fourth-order valence-electron chi connectivity index (χ4n) is 2.38. The number of nitrogens with zero attached hydrogens (tertiary/aromatic N) is 2. The zero-order chi connectivity index (χ0) is 13.4. The van der Waals surface area contributed by atoms with Crippen molar-refractivity contribution in [3.05, 3.63) is 46.2 Å². The predicted molar refractivity (Wildman–Crippen MR) is 74.4 cm³/mol. The number of fused-ring (bicyclic) bond motifs is 1. The molecule has 0 saturated carbocycles. The lowest BCUT2D eigenvalue weighted by Gasteiger charge is -2.24. The van der Waals surface area contributed by atoms with Gasteiger partial charge in [-0.25, -0.2) is 0 Å². The van der Waals surface area contributed by atoms with E-state index in [-0.39, 0.29) is 11.7 Å². The van der Waals surface area contributed by atoms with E-state index in [1.165, 1.54) is 0 Å². The number of Topliss-reactive ketones (excluding diaryl/α,β-unsaturated/α-hetero) is 1. The lowest BCUT2D eigenvalue weighted by Crippen LogP contribution is -2.29. The molecule has 0 amide bonds. The van der Waals surface area contributed by atoms with Gasteiger partial charge in [-0.15, -0.1) is 0 Å². The number of carbonyl (C=O) groups excluding carboxylic acids is 1. The zero-order valence-corrected chi connectivity index (χ0v) is 12.1. The summed E-state index contributed by atoms with van der Waals surface area (Å²) in [5.41, 5.74) is 1.69. The number of hydrogen-bond donors (Lipinski definition) is 0. The Kier molecular flexibility index (Phi) is 3.14. The molecule has 0 aliphatic carbocycles. The molecule has 0 fully saturated rings. The first-order valence-corrected chi connectivity index (χ1v) is 6.88. The van der Waals surface area contributed by atoms with Gasteiger partial charge >= 0.3 is 0 Å². The highest BCUT2D eigenvalue weighted by molar-refractivity contribution is 9.10. The molecule has 19 heavy (non-hydrogen) atoms. The quantitative estimate of drug-likeness (QED) is 0.799. The van der Waals surface area contributed by atoms with Crippen molar-refractivity contribution in [1.29, 1.82) is 0 Å². The smallest absolute Gasteiger partial charge is 0.188 e. The van der Waals surface area contributed by atoms with Gasteiger partial charge in [0.05, 0.1) is 23.2 Å². The number of aryl methyl sites for hydroxylation is 1. The van der Waals surface area contributed by atoms with E-state index in [2.05, 4.69) is 21.0 Å². The van der Waals surface area contributed by atoms with Gasteiger partial charge in [-0.1, -0.05) is 18.2 Å². The van der Waals surface area contributed by atoms with Crippen LogP contribution < -0.4 is 4.74 Å². The summed E-state index contributed by atoms with van der Waals surface area (Å²) in [6, 6.07) is 7.86. The van der Waals surface area contributed by atoms with Gasteiger partial charge < -0.3 is 4.74 Å². The van der Waals surface area contributed by atoms with Crippen molar-refractivity contribution in [2.75, 3.05) is 6.61 Å². The minimum Gasteiger partial charge on any atom is -0.493 e. The average molecular weight is 321 g/mol. The van der Waals surface area contributed by atoms with Gasteiger partial charge in [-0.3, -0.25) is 9.48 Å². The highest BCUT2D eigenvalue weighted by atomic mass is 79.9. The number of benzene rings is 1. The molecule has 2 aromatic rings. The molecule has 0 N–H and O–H groups in total. The molecular formula is C14H13BrN2O2. The number of rotatable bonds is 2. The zero-order valence-electron chi connectivity index (χ0n) is 10.5. The first-order valence-electron chi connectivity index (χ1n) is 6.09. The summed E-state index contributed by atoms with van der Waals surface area (Å²) in [6.45, 7) is 0.424. The summed E-state index contributed by atoms with van der Waals surface area (Å²) < 4.78 is 8.01.